The van der Waals surface area contributed by atoms with E-state index in [9.17, 15) is 4.79 Å². The molecule has 0 saturated carbocycles. The van der Waals surface area contributed by atoms with Crippen molar-refractivity contribution < 1.29 is 4.79 Å². The molecule has 0 aliphatic carbocycles. The second kappa shape index (κ2) is 11.9. The molecule has 0 atom stereocenters. The summed E-state index contributed by atoms with van der Waals surface area (Å²) in [6.45, 7) is 5.71. The molecule has 0 unspecified atom stereocenters. The van der Waals surface area contributed by atoms with Crippen LogP contribution in [0.5, 0.6) is 0 Å². The van der Waals surface area contributed by atoms with Crippen LogP contribution >= 0.6 is 23.1 Å². The van der Waals surface area contributed by atoms with Crippen LogP contribution in [0.4, 0.5) is 0 Å². The van der Waals surface area contributed by atoms with E-state index in [-0.39, 0.29) is 5.91 Å². The summed E-state index contributed by atoms with van der Waals surface area (Å²) in [4.78, 5) is 19.4. The maximum absolute atomic E-state index is 12.9. The number of para-hydroxylation sites is 1. The number of aromatic nitrogens is 4. The summed E-state index contributed by atoms with van der Waals surface area (Å²) in [6, 6.07) is 20.5. The lowest BCUT2D eigenvalue weighted by atomic mass is 10.1. The van der Waals surface area contributed by atoms with E-state index in [1.807, 2.05) is 46.7 Å². The number of amides is 1. The third-order valence-electron chi connectivity index (χ3n) is 5.29. The topological polar surface area (TPSA) is 63.9 Å². The summed E-state index contributed by atoms with van der Waals surface area (Å²) < 4.78 is 2.11. The van der Waals surface area contributed by atoms with Gasteiger partial charge in [0, 0.05) is 30.6 Å². The summed E-state index contributed by atoms with van der Waals surface area (Å²) >= 11 is 3.12. The summed E-state index contributed by atoms with van der Waals surface area (Å²) in [5.74, 6) is 1.55. The maximum atomic E-state index is 12.9. The molecule has 176 valence electrons. The number of carbonyl (C=O) groups is 1. The van der Waals surface area contributed by atoms with Gasteiger partial charge in [0.05, 0.1) is 5.75 Å². The van der Waals surface area contributed by atoms with Crippen LogP contribution in [-0.2, 0) is 12.2 Å². The highest BCUT2D eigenvalue weighted by Gasteiger charge is 2.19. The van der Waals surface area contributed by atoms with Crippen LogP contribution in [0.3, 0.4) is 0 Å². The van der Waals surface area contributed by atoms with E-state index in [1.54, 1.807) is 11.8 Å². The van der Waals surface area contributed by atoms with E-state index >= 15 is 0 Å². The molecule has 0 bridgehead atoms. The molecule has 2 heterocycles. The van der Waals surface area contributed by atoms with Gasteiger partial charge in [0.15, 0.2) is 5.16 Å². The Kier molecular flexibility index (Phi) is 8.49. The zero-order valence-corrected chi connectivity index (χ0v) is 21.2. The van der Waals surface area contributed by atoms with Crippen molar-refractivity contribution in [1.82, 2.24) is 24.6 Å². The Bertz CT molecular complexity index is 1180. The fourth-order valence-electron chi connectivity index (χ4n) is 3.74. The highest BCUT2D eigenvalue weighted by molar-refractivity contribution is 7.98. The van der Waals surface area contributed by atoms with Gasteiger partial charge in [-0.25, -0.2) is 4.98 Å². The van der Waals surface area contributed by atoms with Crippen LogP contribution in [0.2, 0.25) is 0 Å². The smallest absolute Gasteiger partial charge is 0.273 e. The molecule has 0 saturated heterocycles. The average Bonchev–Trinajstić information content (AvgIpc) is 3.50. The highest BCUT2D eigenvalue weighted by atomic mass is 32.2. The average molecular weight is 492 g/mol. The molecule has 2 aromatic carbocycles. The number of hydrogen-bond acceptors (Lipinski definition) is 6. The van der Waals surface area contributed by atoms with Crippen molar-refractivity contribution in [3.63, 3.8) is 0 Å². The lowest BCUT2D eigenvalue weighted by molar-refractivity contribution is 0.0750. The van der Waals surface area contributed by atoms with Gasteiger partial charge in [-0.1, -0.05) is 74.1 Å². The molecule has 0 spiro atoms. The molecular formula is C26H29N5OS2. The zero-order chi connectivity index (χ0) is 23.8. The second-order valence-electron chi connectivity index (χ2n) is 7.94. The lowest BCUT2D eigenvalue weighted by Gasteiger charge is -2.20. The normalized spacial score (nSPS) is 11.0. The van der Waals surface area contributed by atoms with Gasteiger partial charge in [0.1, 0.15) is 16.5 Å². The number of thioether (sulfide) groups is 1. The molecular weight excluding hydrogens is 462 g/mol. The second-order valence-corrected chi connectivity index (χ2v) is 9.82. The molecule has 4 rings (SSSR count). The van der Waals surface area contributed by atoms with Gasteiger partial charge >= 0.3 is 0 Å². The minimum atomic E-state index is 0.0220. The molecule has 0 fully saturated rings. The van der Waals surface area contributed by atoms with Crippen molar-refractivity contribution in [2.45, 2.75) is 44.0 Å². The lowest BCUT2D eigenvalue weighted by Crippen LogP contribution is -2.32. The standard InChI is InChI=1S/C26H29N5OS2/c1-3-15-30(16-4-2)25(32)22-18-33-24(27-22)19-34-26-29-28-23(17-20-11-7-5-8-12-20)31(26)21-13-9-6-10-14-21/h5-14,18H,3-4,15-17,19H2,1-2H3. The fourth-order valence-corrected chi connectivity index (χ4v) is 5.50. The Labute approximate surface area is 209 Å². The zero-order valence-electron chi connectivity index (χ0n) is 19.6. The number of carbonyl (C=O) groups excluding carboxylic acids is 1. The molecule has 1 amide bonds. The summed E-state index contributed by atoms with van der Waals surface area (Å²) in [6.07, 6.45) is 2.59. The molecule has 0 aliphatic rings. The Morgan fingerprint density at radius 3 is 2.32 bits per heavy atom. The van der Waals surface area contributed by atoms with Crippen LogP contribution in [-0.4, -0.2) is 43.6 Å². The first-order valence-corrected chi connectivity index (χ1v) is 13.5. The maximum Gasteiger partial charge on any atom is 0.273 e. The SMILES string of the molecule is CCCN(CCC)C(=O)c1csc(CSc2nnc(Cc3ccccc3)n2-c2ccccc2)n1. The first kappa shape index (κ1) is 24.2. The first-order chi connectivity index (χ1) is 16.7. The molecule has 0 radical (unpaired) electrons. The monoisotopic (exact) mass is 491 g/mol. The van der Waals surface area contributed by atoms with Crippen molar-refractivity contribution in [2.75, 3.05) is 13.1 Å². The van der Waals surface area contributed by atoms with Crippen LogP contribution in [0.15, 0.2) is 71.2 Å². The molecule has 8 heteroatoms. The van der Waals surface area contributed by atoms with Gasteiger partial charge < -0.3 is 4.90 Å². The molecule has 2 aromatic heterocycles. The van der Waals surface area contributed by atoms with E-state index in [1.165, 1.54) is 16.9 Å². The Hall–Kier alpha value is -2.97. The van der Waals surface area contributed by atoms with Crippen LogP contribution < -0.4 is 0 Å². The quantitative estimate of drug-likeness (QED) is 0.246. The largest absolute Gasteiger partial charge is 0.337 e. The number of rotatable bonds is 11. The first-order valence-electron chi connectivity index (χ1n) is 11.6. The van der Waals surface area contributed by atoms with Gasteiger partial charge in [-0.15, -0.1) is 21.5 Å². The third kappa shape index (κ3) is 5.93. The number of thiazole rings is 1. The molecule has 4 aromatic rings. The van der Waals surface area contributed by atoms with Gasteiger partial charge in [0.25, 0.3) is 5.91 Å². The van der Waals surface area contributed by atoms with E-state index in [4.69, 9.17) is 0 Å². The van der Waals surface area contributed by atoms with Crippen molar-refractivity contribution in [3.05, 3.63) is 88.1 Å². The molecule has 0 aliphatic heterocycles. The van der Waals surface area contributed by atoms with Crippen LogP contribution in [0.1, 0.15) is 53.6 Å². The van der Waals surface area contributed by atoms with Gasteiger partial charge in [0.2, 0.25) is 0 Å². The van der Waals surface area contributed by atoms with Gasteiger partial charge in [-0.05, 0) is 30.5 Å². The summed E-state index contributed by atoms with van der Waals surface area (Å²) in [5, 5.41) is 12.6. The van der Waals surface area contributed by atoms with Crippen molar-refractivity contribution >= 4 is 29.0 Å². The minimum Gasteiger partial charge on any atom is -0.337 e. The number of benzene rings is 2. The Morgan fingerprint density at radius 1 is 0.971 bits per heavy atom. The summed E-state index contributed by atoms with van der Waals surface area (Å²) in [7, 11) is 0. The minimum absolute atomic E-state index is 0.0220. The molecule has 34 heavy (non-hydrogen) atoms. The van der Waals surface area contributed by atoms with Crippen molar-refractivity contribution in [2.24, 2.45) is 0 Å². The van der Waals surface area contributed by atoms with Crippen molar-refractivity contribution in [3.8, 4) is 5.69 Å². The van der Waals surface area contributed by atoms with E-state index < -0.39 is 0 Å². The Balaban J connectivity index is 1.52. The number of hydrogen-bond donors (Lipinski definition) is 0. The highest BCUT2D eigenvalue weighted by Crippen LogP contribution is 2.27. The third-order valence-corrected chi connectivity index (χ3v) is 7.26. The predicted molar refractivity (Wildman–Crippen MR) is 139 cm³/mol. The van der Waals surface area contributed by atoms with E-state index in [0.29, 0.717) is 17.9 Å². The predicted octanol–water partition coefficient (Wildman–Crippen LogP) is 5.87. The number of nitrogens with zero attached hydrogens (tertiary/aromatic N) is 5. The fraction of sp³-hybridized carbons (Fsp3) is 0.308. The van der Waals surface area contributed by atoms with Gasteiger partial charge in [-0.3, -0.25) is 9.36 Å². The molecule has 0 N–H and O–H groups in total. The molecule has 6 nitrogen and oxygen atoms in total. The van der Waals surface area contributed by atoms with Crippen LogP contribution in [0.25, 0.3) is 5.69 Å². The Morgan fingerprint density at radius 2 is 1.65 bits per heavy atom. The van der Waals surface area contributed by atoms with Crippen molar-refractivity contribution in [1.29, 1.82) is 0 Å². The summed E-state index contributed by atoms with van der Waals surface area (Å²) in [5.41, 5.74) is 2.76. The van der Waals surface area contributed by atoms with Gasteiger partial charge in [-0.2, -0.15) is 0 Å². The van der Waals surface area contributed by atoms with Crippen LogP contribution in [0, 0.1) is 0 Å². The van der Waals surface area contributed by atoms with E-state index in [2.05, 4.69) is 57.9 Å². The van der Waals surface area contributed by atoms with E-state index in [0.717, 1.165) is 47.6 Å².